The molecule has 0 heterocycles. The Morgan fingerprint density at radius 2 is 2.00 bits per heavy atom. The first-order valence-electron chi connectivity index (χ1n) is 1.24. The Balaban J connectivity index is 0. The van der Waals surface area contributed by atoms with Crippen molar-refractivity contribution in [3.05, 3.63) is 0 Å². The molecule has 7 heteroatoms. The topological polar surface area (TPSA) is 66.4 Å². The maximum atomic E-state index is 9.47. The predicted octanol–water partition coefficient (Wildman–Crippen LogP) is -3.87. The molecule has 0 rings (SSSR count). The quantitative estimate of drug-likeness (QED) is 0.267. The third-order valence-corrected chi connectivity index (χ3v) is 2.36. The largest absolute Gasteiger partial charge is 1.00 e. The average molecular weight is 213 g/mol. The molecule has 0 N–H and O–H groups in total. The van der Waals surface area contributed by atoms with Crippen molar-refractivity contribution in [2.75, 3.05) is 0 Å². The molecule has 4 nitrogen and oxygen atoms in total. The van der Waals surface area contributed by atoms with Crippen molar-refractivity contribution in [1.29, 1.82) is 0 Å². The van der Waals surface area contributed by atoms with Crippen LogP contribution in [-0.2, 0) is 13.7 Å². The van der Waals surface area contributed by atoms with Gasteiger partial charge in [-0.05, 0) is 0 Å². The van der Waals surface area contributed by atoms with Gasteiger partial charge in [0.15, 0.2) is 0 Å². The van der Waals surface area contributed by atoms with Crippen molar-refractivity contribution in [1.82, 2.24) is 0 Å². The summed E-state index contributed by atoms with van der Waals surface area (Å²) >= 11 is -0.541. The summed E-state index contributed by atoms with van der Waals surface area (Å²) in [5.41, 5.74) is 0. The van der Waals surface area contributed by atoms with Gasteiger partial charge in [-0.3, -0.25) is 0 Å². The monoisotopic (exact) mass is 214 g/mol. The van der Waals surface area contributed by atoms with Gasteiger partial charge in [-0.25, -0.2) is 0 Å². The van der Waals surface area contributed by atoms with Crippen molar-refractivity contribution >= 4 is 25.7 Å². The van der Waals surface area contributed by atoms with Gasteiger partial charge in [0, 0.05) is 0 Å². The molecule has 0 aliphatic heterocycles. The fraction of sp³-hybridized carbons (Fsp3) is 1.00. The minimum Gasteiger partial charge on any atom is 1.00 e. The summed E-state index contributed by atoms with van der Waals surface area (Å²) in [7, 11) is -4.40. The molecule has 0 aliphatic carbocycles. The fourth-order valence-corrected chi connectivity index (χ4v) is 1.30. The SMILES string of the molecule is C[Se]OS(=O)(=O)[O-].[Na+]. The van der Waals surface area contributed by atoms with Crippen LogP contribution in [0.4, 0.5) is 0 Å². The third kappa shape index (κ3) is 10.4. The molecule has 0 aromatic heterocycles. The minimum absolute atomic E-state index is 0. The molecule has 0 fully saturated rings. The van der Waals surface area contributed by atoms with Crippen LogP contribution in [0.2, 0.25) is 5.82 Å². The molecule has 0 radical (unpaired) electrons. The molecule has 8 heavy (non-hydrogen) atoms. The first-order chi connectivity index (χ1) is 3.06. The van der Waals surface area contributed by atoms with Crippen LogP contribution in [0.25, 0.3) is 0 Å². The van der Waals surface area contributed by atoms with Gasteiger partial charge in [-0.2, -0.15) is 0 Å². The van der Waals surface area contributed by atoms with E-state index in [2.05, 4.69) is 3.27 Å². The Hall–Kier alpha value is 1.39. The van der Waals surface area contributed by atoms with Gasteiger partial charge in [-0.1, -0.05) is 0 Å². The van der Waals surface area contributed by atoms with Crippen LogP contribution in [0.1, 0.15) is 0 Å². The number of hydrogen-bond acceptors (Lipinski definition) is 4. The van der Waals surface area contributed by atoms with Gasteiger partial charge < -0.3 is 0 Å². The van der Waals surface area contributed by atoms with E-state index in [1.165, 1.54) is 5.82 Å². The van der Waals surface area contributed by atoms with E-state index in [0.717, 1.165) is 0 Å². The number of rotatable bonds is 2. The summed E-state index contributed by atoms with van der Waals surface area (Å²) < 4.78 is 32.1. The predicted molar refractivity (Wildman–Crippen MR) is 22.4 cm³/mol. The zero-order valence-electron chi connectivity index (χ0n) is 4.45. The third-order valence-electron chi connectivity index (χ3n) is 0.151. The summed E-state index contributed by atoms with van der Waals surface area (Å²) in [6.45, 7) is 0. The second-order valence-electron chi connectivity index (χ2n) is 0.643. The van der Waals surface area contributed by atoms with Crippen LogP contribution in [0.5, 0.6) is 0 Å². The van der Waals surface area contributed by atoms with Crippen LogP contribution in [-0.4, -0.2) is 28.3 Å². The molecule has 0 amide bonds. The molecule has 0 saturated heterocycles. The Kier molecular flexibility index (Phi) is 7.86. The van der Waals surface area contributed by atoms with Gasteiger partial charge in [0.1, 0.15) is 0 Å². The zero-order chi connectivity index (χ0) is 5.91. The van der Waals surface area contributed by atoms with E-state index in [0.29, 0.717) is 0 Å². The van der Waals surface area contributed by atoms with Gasteiger partial charge in [0.2, 0.25) is 0 Å². The first kappa shape index (κ1) is 12.1. The zero-order valence-corrected chi connectivity index (χ0v) is 8.98. The van der Waals surface area contributed by atoms with Crippen LogP contribution >= 0.6 is 0 Å². The van der Waals surface area contributed by atoms with E-state index in [1.54, 1.807) is 0 Å². The normalized spacial score (nSPS) is 10.2. The molecule has 0 bridgehead atoms. The number of hydrogen-bond donors (Lipinski definition) is 0. The van der Waals surface area contributed by atoms with Crippen LogP contribution in [0.15, 0.2) is 0 Å². The molecule has 0 aliphatic rings. The maximum Gasteiger partial charge on any atom is 1.00 e. The standard InChI is InChI=1S/CH4O4SSe.Na/c1-7-5-6(2,3)4;/h1H3,(H,2,3,4);/q;+1/p-1. The van der Waals surface area contributed by atoms with Gasteiger partial charge in [0.05, 0.1) is 0 Å². The van der Waals surface area contributed by atoms with Gasteiger partial charge >= 0.3 is 77.3 Å². The van der Waals surface area contributed by atoms with Gasteiger partial charge in [-0.15, -0.1) is 0 Å². The maximum absolute atomic E-state index is 9.47. The van der Waals surface area contributed by atoms with Crippen molar-refractivity contribution in [2.24, 2.45) is 0 Å². The molecule has 0 spiro atoms. The first-order valence-corrected chi connectivity index (χ1v) is 4.99. The van der Waals surface area contributed by atoms with Crippen molar-refractivity contribution in [3.8, 4) is 0 Å². The molecule has 0 saturated carbocycles. The Morgan fingerprint density at radius 1 is 1.62 bits per heavy atom. The summed E-state index contributed by atoms with van der Waals surface area (Å²) in [6.07, 6.45) is 0. The molecule has 0 unspecified atom stereocenters. The molecule has 0 aromatic carbocycles. The Morgan fingerprint density at radius 3 is 2.00 bits per heavy atom. The summed E-state index contributed by atoms with van der Waals surface area (Å²) in [5, 5.41) is 0. The molecular weight excluding hydrogens is 210 g/mol. The minimum atomic E-state index is -4.40. The van der Waals surface area contributed by atoms with E-state index in [9.17, 15) is 13.0 Å². The second-order valence-corrected chi connectivity index (χ2v) is 3.15. The van der Waals surface area contributed by atoms with Gasteiger partial charge in [0.25, 0.3) is 0 Å². The Labute approximate surface area is 76.7 Å². The van der Waals surface area contributed by atoms with Crippen LogP contribution < -0.4 is 29.6 Å². The molecule has 44 valence electrons. The summed E-state index contributed by atoms with van der Waals surface area (Å²) in [5.74, 6) is 1.49. The second kappa shape index (κ2) is 5.20. The van der Waals surface area contributed by atoms with E-state index >= 15 is 0 Å². The van der Waals surface area contributed by atoms with Crippen LogP contribution in [0, 0.1) is 0 Å². The Bertz CT molecular complexity index is 129. The summed E-state index contributed by atoms with van der Waals surface area (Å²) in [6, 6.07) is 0. The molecule has 0 atom stereocenters. The molecular formula is CH3NaO4SSe. The van der Waals surface area contributed by atoms with Crippen molar-refractivity contribution < 1.29 is 45.8 Å². The van der Waals surface area contributed by atoms with Crippen molar-refractivity contribution in [2.45, 2.75) is 5.82 Å². The molecule has 0 aromatic rings. The fourth-order valence-electron chi connectivity index (χ4n) is 0.0833. The summed E-state index contributed by atoms with van der Waals surface area (Å²) in [4.78, 5) is 0. The van der Waals surface area contributed by atoms with E-state index in [1.807, 2.05) is 0 Å². The van der Waals surface area contributed by atoms with E-state index in [4.69, 9.17) is 0 Å². The van der Waals surface area contributed by atoms with Crippen molar-refractivity contribution in [3.63, 3.8) is 0 Å². The van der Waals surface area contributed by atoms with E-state index < -0.39 is 25.7 Å². The van der Waals surface area contributed by atoms with Crippen LogP contribution in [0.3, 0.4) is 0 Å². The smallest absolute Gasteiger partial charge is 1.00 e. The average Bonchev–Trinajstić information content (AvgIpc) is 1.30. The van der Waals surface area contributed by atoms with E-state index in [-0.39, 0.29) is 29.6 Å².